The number of rotatable bonds is 5. The lowest BCUT2D eigenvalue weighted by atomic mass is 10.3. The van der Waals surface area contributed by atoms with E-state index in [1.807, 2.05) is 6.92 Å². The minimum absolute atomic E-state index is 0.305. The standard InChI is InChI=1S/C13H21N5S/c1-9-7-11(12(14)19)17-13(15-9)16-10(2)8-18-5-3-4-6-18/h7,10H,3-6,8H2,1-2H3,(H2,14,19)(H,15,16,17). The predicted octanol–water partition coefficient (Wildman–Crippen LogP) is 1.32. The quantitative estimate of drug-likeness (QED) is 0.792. The summed E-state index contributed by atoms with van der Waals surface area (Å²) in [6.07, 6.45) is 2.61. The molecular weight excluding hydrogens is 258 g/mol. The summed E-state index contributed by atoms with van der Waals surface area (Å²) in [6, 6.07) is 2.11. The zero-order valence-corrected chi connectivity index (χ0v) is 12.3. The number of nitrogens with zero attached hydrogens (tertiary/aromatic N) is 3. The lowest BCUT2D eigenvalue weighted by molar-refractivity contribution is 0.327. The molecule has 0 amide bonds. The van der Waals surface area contributed by atoms with Gasteiger partial charge in [0.25, 0.3) is 0 Å². The van der Waals surface area contributed by atoms with E-state index in [0.29, 0.717) is 22.7 Å². The highest BCUT2D eigenvalue weighted by molar-refractivity contribution is 7.80. The van der Waals surface area contributed by atoms with Crippen LogP contribution in [-0.2, 0) is 0 Å². The zero-order valence-electron chi connectivity index (χ0n) is 11.5. The molecule has 6 heteroatoms. The van der Waals surface area contributed by atoms with Gasteiger partial charge in [0.15, 0.2) is 0 Å². The number of anilines is 1. The fourth-order valence-corrected chi connectivity index (χ4v) is 2.48. The van der Waals surface area contributed by atoms with Crippen molar-refractivity contribution in [2.75, 3.05) is 25.0 Å². The van der Waals surface area contributed by atoms with Crippen LogP contribution in [0.2, 0.25) is 0 Å². The number of aryl methyl sites for hydroxylation is 1. The van der Waals surface area contributed by atoms with Crippen molar-refractivity contribution in [2.45, 2.75) is 32.7 Å². The number of likely N-dealkylation sites (tertiary alicyclic amines) is 1. The number of nitrogens with one attached hydrogen (secondary N) is 1. The lowest BCUT2D eigenvalue weighted by Gasteiger charge is -2.21. The van der Waals surface area contributed by atoms with E-state index in [1.165, 1.54) is 25.9 Å². The van der Waals surface area contributed by atoms with Crippen molar-refractivity contribution in [3.05, 3.63) is 17.5 Å². The SMILES string of the molecule is Cc1cc(C(N)=S)nc(NC(C)CN2CCCC2)n1. The molecule has 1 aliphatic heterocycles. The molecule has 5 nitrogen and oxygen atoms in total. The van der Waals surface area contributed by atoms with Crippen molar-refractivity contribution in [3.63, 3.8) is 0 Å². The van der Waals surface area contributed by atoms with Crippen LogP contribution < -0.4 is 11.1 Å². The third-order valence-electron chi connectivity index (χ3n) is 3.21. The molecule has 1 saturated heterocycles. The maximum Gasteiger partial charge on any atom is 0.223 e. The minimum atomic E-state index is 0.305. The highest BCUT2D eigenvalue weighted by Gasteiger charge is 2.15. The molecular formula is C13H21N5S. The van der Waals surface area contributed by atoms with Crippen LogP contribution in [0, 0.1) is 6.92 Å². The highest BCUT2D eigenvalue weighted by atomic mass is 32.1. The van der Waals surface area contributed by atoms with E-state index < -0.39 is 0 Å². The molecule has 19 heavy (non-hydrogen) atoms. The van der Waals surface area contributed by atoms with Gasteiger partial charge in [0.2, 0.25) is 5.95 Å². The summed E-state index contributed by atoms with van der Waals surface area (Å²) in [5.74, 6) is 0.606. The van der Waals surface area contributed by atoms with E-state index in [2.05, 4.69) is 27.1 Å². The average Bonchev–Trinajstić information content (AvgIpc) is 2.80. The van der Waals surface area contributed by atoms with Gasteiger partial charge in [-0.05, 0) is 45.8 Å². The van der Waals surface area contributed by atoms with Crippen LogP contribution in [-0.4, -0.2) is 45.5 Å². The summed E-state index contributed by atoms with van der Waals surface area (Å²) in [6.45, 7) is 7.46. The van der Waals surface area contributed by atoms with Crippen molar-refractivity contribution in [1.29, 1.82) is 0 Å². The highest BCUT2D eigenvalue weighted by Crippen LogP contribution is 2.10. The molecule has 0 spiro atoms. The molecule has 2 rings (SSSR count). The summed E-state index contributed by atoms with van der Waals surface area (Å²) in [5, 5.41) is 3.33. The van der Waals surface area contributed by atoms with E-state index in [-0.39, 0.29) is 0 Å². The van der Waals surface area contributed by atoms with E-state index in [0.717, 1.165) is 12.2 Å². The molecule has 1 aliphatic rings. The van der Waals surface area contributed by atoms with Crippen LogP contribution >= 0.6 is 12.2 Å². The van der Waals surface area contributed by atoms with Gasteiger partial charge < -0.3 is 16.0 Å². The fourth-order valence-electron chi connectivity index (χ4n) is 2.38. The van der Waals surface area contributed by atoms with Crippen LogP contribution in [0.3, 0.4) is 0 Å². The van der Waals surface area contributed by atoms with Crippen LogP contribution in [0.5, 0.6) is 0 Å². The van der Waals surface area contributed by atoms with Crippen molar-refractivity contribution in [2.24, 2.45) is 5.73 Å². The van der Waals surface area contributed by atoms with Gasteiger partial charge in [0, 0.05) is 18.3 Å². The largest absolute Gasteiger partial charge is 0.388 e. The maximum absolute atomic E-state index is 5.62. The summed E-state index contributed by atoms with van der Waals surface area (Å²) in [4.78, 5) is 11.5. The Balaban J connectivity index is 1.99. The van der Waals surface area contributed by atoms with E-state index in [9.17, 15) is 0 Å². The normalized spacial score (nSPS) is 17.4. The summed E-state index contributed by atoms with van der Waals surface area (Å²) < 4.78 is 0. The van der Waals surface area contributed by atoms with Crippen molar-refractivity contribution in [3.8, 4) is 0 Å². The predicted molar refractivity (Wildman–Crippen MR) is 81.4 cm³/mol. The Kier molecular flexibility index (Phi) is 4.66. The summed E-state index contributed by atoms with van der Waals surface area (Å²) >= 11 is 4.96. The Morgan fingerprint density at radius 2 is 2.16 bits per heavy atom. The van der Waals surface area contributed by atoms with E-state index in [4.69, 9.17) is 18.0 Å². The first-order valence-electron chi connectivity index (χ1n) is 6.69. The molecule has 3 N–H and O–H groups in total. The topological polar surface area (TPSA) is 67.1 Å². The average molecular weight is 279 g/mol. The second-order valence-electron chi connectivity index (χ2n) is 5.14. The van der Waals surface area contributed by atoms with Crippen molar-refractivity contribution >= 4 is 23.2 Å². The Bertz CT molecular complexity index is 456. The third-order valence-corrected chi connectivity index (χ3v) is 3.42. The summed E-state index contributed by atoms with van der Waals surface area (Å²) in [5.41, 5.74) is 7.11. The number of aromatic nitrogens is 2. The van der Waals surface area contributed by atoms with Crippen molar-refractivity contribution in [1.82, 2.24) is 14.9 Å². The summed E-state index contributed by atoms with van der Waals surface area (Å²) in [7, 11) is 0. The molecule has 0 aromatic carbocycles. The lowest BCUT2D eigenvalue weighted by Crippen LogP contribution is -2.33. The van der Waals surface area contributed by atoms with E-state index >= 15 is 0 Å². The zero-order chi connectivity index (χ0) is 13.8. The number of thiocarbonyl (C=S) groups is 1. The van der Waals surface area contributed by atoms with Gasteiger partial charge in [0.05, 0.1) is 0 Å². The molecule has 0 bridgehead atoms. The molecule has 1 fully saturated rings. The molecule has 104 valence electrons. The Labute approximate surface area is 119 Å². The Hall–Kier alpha value is -1.27. The fraction of sp³-hybridized carbons (Fsp3) is 0.615. The van der Waals surface area contributed by atoms with Gasteiger partial charge in [-0.1, -0.05) is 12.2 Å². The molecule has 0 saturated carbocycles. The molecule has 2 heterocycles. The van der Waals surface area contributed by atoms with Gasteiger partial charge in [-0.25, -0.2) is 9.97 Å². The third kappa shape index (κ3) is 4.11. The van der Waals surface area contributed by atoms with Gasteiger partial charge in [-0.15, -0.1) is 0 Å². The maximum atomic E-state index is 5.62. The van der Waals surface area contributed by atoms with Crippen molar-refractivity contribution < 1.29 is 0 Å². The number of hydrogen-bond donors (Lipinski definition) is 2. The van der Waals surface area contributed by atoms with Crippen LogP contribution in [0.25, 0.3) is 0 Å². The second-order valence-corrected chi connectivity index (χ2v) is 5.58. The van der Waals surface area contributed by atoms with E-state index in [1.54, 1.807) is 6.07 Å². The first-order valence-corrected chi connectivity index (χ1v) is 7.10. The monoisotopic (exact) mass is 279 g/mol. The molecule has 0 aliphatic carbocycles. The second kappa shape index (κ2) is 6.25. The first kappa shape index (κ1) is 14.1. The number of hydrogen-bond acceptors (Lipinski definition) is 5. The minimum Gasteiger partial charge on any atom is -0.388 e. The van der Waals surface area contributed by atoms with Crippen LogP contribution in [0.15, 0.2) is 6.07 Å². The van der Waals surface area contributed by atoms with Gasteiger partial charge >= 0.3 is 0 Å². The molecule has 1 unspecified atom stereocenters. The van der Waals surface area contributed by atoms with Gasteiger partial charge in [0.1, 0.15) is 10.7 Å². The van der Waals surface area contributed by atoms with Crippen LogP contribution in [0.1, 0.15) is 31.2 Å². The van der Waals surface area contributed by atoms with Gasteiger partial charge in [-0.3, -0.25) is 0 Å². The Morgan fingerprint density at radius 3 is 2.79 bits per heavy atom. The molecule has 1 aromatic rings. The molecule has 1 aromatic heterocycles. The Morgan fingerprint density at radius 1 is 1.47 bits per heavy atom. The van der Waals surface area contributed by atoms with Gasteiger partial charge in [-0.2, -0.15) is 0 Å². The van der Waals surface area contributed by atoms with Crippen LogP contribution in [0.4, 0.5) is 5.95 Å². The molecule has 0 radical (unpaired) electrons. The first-order chi connectivity index (χ1) is 9.04. The number of nitrogens with two attached hydrogens (primary N) is 1. The molecule has 1 atom stereocenters. The smallest absolute Gasteiger partial charge is 0.223 e.